The molecule has 0 spiro atoms. The first-order chi connectivity index (χ1) is 12.9. The van der Waals surface area contributed by atoms with Gasteiger partial charge >= 0.3 is 6.18 Å². The van der Waals surface area contributed by atoms with Crippen molar-refractivity contribution >= 4 is 5.91 Å². The number of carbonyl (C=O) groups excluding carboxylic acids is 1. The first-order valence-electron chi connectivity index (χ1n) is 9.02. The molecule has 2 rings (SSSR count). The van der Waals surface area contributed by atoms with Gasteiger partial charge in [-0.05, 0) is 19.1 Å². The van der Waals surface area contributed by atoms with E-state index < -0.39 is 24.7 Å². The van der Waals surface area contributed by atoms with Crippen molar-refractivity contribution in [3.63, 3.8) is 0 Å². The molecule has 0 saturated carbocycles. The highest BCUT2D eigenvalue weighted by molar-refractivity contribution is 5.96. The number of benzene rings is 1. The van der Waals surface area contributed by atoms with Crippen molar-refractivity contribution < 1.29 is 27.4 Å². The third-order valence-electron chi connectivity index (χ3n) is 4.25. The van der Waals surface area contributed by atoms with Crippen molar-refractivity contribution in [1.82, 2.24) is 15.5 Å². The molecule has 1 aliphatic heterocycles. The molecule has 1 aromatic rings. The lowest BCUT2D eigenvalue weighted by Crippen LogP contribution is -2.57. The molecule has 0 aromatic heterocycles. The molecular formula is C18H26F3N3O3. The van der Waals surface area contributed by atoms with Crippen LogP contribution < -0.4 is 15.4 Å². The van der Waals surface area contributed by atoms with Crippen LogP contribution in [-0.2, 0) is 4.74 Å². The number of nitrogens with zero attached hydrogens (tertiary/aromatic N) is 1. The molecule has 1 atom stereocenters. The van der Waals surface area contributed by atoms with Gasteiger partial charge in [-0.15, -0.1) is 0 Å². The van der Waals surface area contributed by atoms with Crippen LogP contribution in [0, 0.1) is 0 Å². The predicted octanol–water partition coefficient (Wildman–Crippen LogP) is 1.67. The number of hydrogen-bond acceptors (Lipinski definition) is 5. The van der Waals surface area contributed by atoms with Crippen LogP contribution >= 0.6 is 0 Å². The van der Waals surface area contributed by atoms with E-state index in [-0.39, 0.29) is 25.3 Å². The van der Waals surface area contributed by atoms with Crippen LogP contribution in [0.15, 0.2) is 24.3 Å². The summed E-state index contributed by atoms with van der Waals surface area (Å²) in [7, 11) is 0. The number of amides is 1. The topological polar surface area (TPSA) is 62.8 Å². The monoisotopic (exact) mass is 389 g/mol. The van der Waals surface area contributed by atoms with Gasteiger partial charge in [0.1, 0.15) is 18.4 Å². The fourth-order valence-electron chi connectivity index (χ4n) is 2.87. The van der Waals surface area contributed by atoms with Crippen molar-refractivity contribution in [1.29, 1.82) is 0 Å². The summed E-state index contributed by atoms with van der Waals surface area (Å²) < 4.78 is 51.0. The highest BCUT2D eigenvalue weighted by Gasteiger charge is 2.43. The Bertz CT molecular complexity index is 593. The largest absolute Gasteiger partial charge is 0.490 e. The van der Waals surface area contributed by atoms with E-state index in [1.165, 1.54) is 11.0 Å². The molecule has 0 radical (unpaired) electrons. The van der Waals surface area contributed by atoms with Gasteiger partial charge in [0.05, 0.1) is 12.2 Å². The fraction of sp³-hybridized carbons (Fsp3) is 0.611. The molecule has 1 aliphatic rings. The second kappa shape index (κ2) is 10.5. The lowest BCUT2D eigenvalue weighted by atomic mass is 10.1. The SMILES string of the molecule is CCOCCOc1ccccc1C(=O)NCC(N1CCNCC1)C(F)(F)F. The first kappa shape index (κ1) is 21.5. The van der Waals surface area contributed by atoms with E-state index in [0.717, 1.165) is 0 Å². The van der Waals surface area contributed by atoms with Crippen LogP contribution in [-0.4, -0.2) is 75.6 Å². The predicted molar refractivity (Wildman–Crippen MR) is 95.0 cm³/mol. The van der Waals surface area contributed by atoms with E-state index in [2.05, 4.69) is 10.6 Å². The van der Waals surface area contributed by atoms with Crippen LogP contribution in [0.5, 0.6) is 5.75 Å². The van der Waals surface area contributed by atoms with E-state index in [1.54, 1.807) is 18.2 Å². The number of halogens is 3. The van der Waals surface area contributed by atoms with Gasteiger partial charge in [0, 0.05) is 39.3 Å². The summed E-state index contributed by atoms with van der Waals surface area (Å²) in [6.07, 6.45) is -4.42. The van der Waals surface area contributed by atoms with E-state index >= 15 is 0 Å². The van der Waals surface area contributed by atoms with Gasteiger partial charge in [0.25, 0.3) is 5.91 Å². The Kier molecular flexibility index (Phi) is 8.33. The Labute approximate surface area is 157 Å². The molecule has 6 nitrogen and oxygen atoms in total. The zero-order valence-electron chi connectivity index (χ0n) is 15.3. The molecule has 9 heteroatoms. The van der Waals surface area contributed by atoms with Crippen molar-refractivity contribution in [2.24, 2.45) is 0 Å². The number of rotatable bonds is 9. The van der Waals surface area contributed by atoms with Gasteiger partial charge < -0.3 is 20.1 Å². The summed E-state index contributed by atoms with van der Waals surface area (Å²) in [5, 5.41) is 5.44. The number of piperazine rings is 1. The molecule has 0 aliphatic carbocycles. The average molecular weight is 389 g/mol. The highest BCUT2D eigenvalue weighted by Crippen LogP contribution is 2.25. The van der Waals surface area contributed by atoms with Crippen molar-refractivity contribution in [3.8, 4) is 5.75 Å². The quantitative estimate of drug-likeness (QED) is 0.629. The molecule has 152 valence electrons. The summed E-state index contributed by atoms with van der Waals surface area (Å²) in [5.74, 6) is -0.271. The molecule has 27 heavy (non-hydrogen) atoms. The lowest BCUT2D eigenvalue weighted by molar-refractivity contribution is -0.183. The third kappa shape index (κ3) is 6.67. The van der Waals surface area contributed by atoms with Gasteiger partial charge in [-0.1, -0.05) is 12.1 Å². The maximum Gasteiger partial charge on any atom is 0.405 e. The maximum atomic E-state index is 13.4. The molecule has 1 saturated heterocycles. The van der Waals surface area contributed by atoms with Crippen molar-refractivity contribution in [2.75, 3.05) is 52.5 Å². The highest BCUT2D eigenvalue weighted by atomic mass is 19.4. The first-order valence-corrected chi connectivity index (χ1v) is 9.02. The van der Waals surface area contributed by atoms with Gasteiger partial charge in [-0.3, -0.25) is 9.69 Å². The normalized spacial score (nSPS) is 16.7. The standard InChI is InChI=1S/C18H26F3N3O3/c1-2-26-11-12-27-15-6-4-3-5-14(15)17(25)23-13-16(18(19,20)21)24-9-7-22-8-10-24/h3-6,16,22H,2,7-13H2,1H3,(H,23,25). The molecule has 0 bridgehead atoms. The smallest absolute Gasteiger partial charge is 0.405 e. The van der Waals surface area contributed by atoms with Crippen molar-refractivity contribution in [2.45, 2.75) is 19.1 Å². The number of para-hydroxylation sites is 1. The molecule has 1 fully saturated rings. The minimum Gasteiger partial charge on any atom is -0.490 e. The summed E-state index contributed by atoms with van der Waals surface area (Å²) in [5.41, 5.74) is 0.204. The summed E-state index contributed by atoms with van der Waals surface area (Å²) >= 11 is 0. The number of ether oxygens (including phenoxy) is 2. The van der Waals surface area contributed by atoms with Crippen LogP contribution in [0.4, 0.5) is 13.2 Å². The second-order valence-corrected chi connectivity index (χ2v) is 6.09. The Morgan fingerprint density at radius 1 is 1.26 bits per heavy atom. The molecule has 1 unspecified atom stereocenters. The fourth-order valence-corrected chi connectivity index (χ4v) is 2.87. The van der Waals surface area contributed by atoms with E-state index in [9.17, 15) is 18.0 Å². The molecule has 2 N–H and O–H groups in total. The van der Waals surface area contributed by atoms with Crippen LogP contribution in [0.25, 0.3) is 0 Å². The van der Waals surface area contributed by atoms with Crippen LogP contribution in [0.2, 0.25) is 0 Å². The van der Waals surface area contributed by atoms with Crippen LogP contribution in [0.1, 0.15) is 17.3 Å². The molecule has 1 heterocycles. The molecule has 1 aromatic carbocycles. The molecular weight excluding hydrogens is 363 g/mol. The Hall–Kier alpha value is -1.84. The van der Waals surface area contributed by atoms with Gasteiger partial charge in [-0.25, -0.2) is 0 Å². The Balaban J connectivity index is 1.98. The van der Waals surface area contributed by atoms with Gasteiger partial charge in [0.2, 0.25) is 0 Å². The average Bonchev–Trinajstić information content (AvgIpc) is 2.65. The van der Waals surface area contributed by atoms with Crippen molar-refractivity contribution in [3.05, 3.63) is 29.8 Å². The number of alkyl halides is 3. The number of nitrogens with one attached hydrogen (secondary N) is 2. The minimum absolute atomic E-state index is 0.204. The Morgan fingerprint density at radius 3 is 2.63 bits per heavy atom. The summed E-state index contributed by atoms with van der Waals surface area (Å²) in [6, 6.07) is 4.76. The summed E-state index contributed by atoms with van der Waals surface area (Å²) in [4.78, 5) is 13.8. The zero-order valence-corrected chi connectivity index (χ0v) is 15.3. The van der Waals surface area contributed by atoms with E-state index in [4.69, 9.17) is 9.47 Å². The summed E-state index contributed by atoms with van der Waals surface area (Å²) in [6.45, 7) is 4.10. The zero-order chi connectivity index (χ0) is 19.7. The van der Waals surface area contributed by atoms with E-state index in [1.807, 2.05) is 6.92 Å². The van der Waals surface area contributed by atoms with Crippen LogP contribution in [0.3, 0.4) is 0 Å². The van der Waals surface area contributed by atoms with Gasteiger partial charge in [0.15, 0.2) is 0 Å². The number of carbonyl (C=O) groups is 1. The van der Waals surface area contributed by atoms with Gasteiger partial charge in [-0.2, -0.15) is 13.2 Å². The Morgan fingerprint density at radius 2 is 1.96 bits per heavy atom. The number of hydrogen-bond donors (Lipinski definition) is 2. The third-order valence-corrected chi connectivity index (χ3v) is 4.25. The maximum absolute atomic E-state index is 13.4. The lowest BCUT2D eigenvalue weighted by Gasteiger charge is -2.35. The second-order valence-electron chi connectivity index (χ2n) is 6.09. The molecule has 1 amide bonds. The minimum atomic E-state index is -4.42. The van der Waals surface area contributed by atoms with E-state index in [0.29, 0.717) is 32.1 Å².